The maximum atomic E-state index is 11.7. The van der Waals surface area contributed by atoms with Crippen molar-refractivity contribution < 1.29 is 19.4 Å². The van der Waals surface area contributed by atoms with Gasteiger partial charge in [-0.15, -0.1) is 0 Å². The number of aliphatic hydroxyl groups is 1. The molecule has 1 fully saturated rings. The maximum absolute atomic E-state index is 11.7. The van der Waals surface area contributed by atoms with Gasteiger partial charge in [0.1, 0.15) is 18.2 Å². The van der Waals surface area contributed by atoms with E-state index in [4.69, 9.17) is 14.5 Å². The zero-order valence-electron chi connectivity index (χ0n) is 18.2. The topological polar surface area (TPSA) is 90.9 Å². The Morgan fingerprint density at radius 1 is 1.23 bits per heavy atom. The number of likely N-dealkylation sites (tertiary alicyclic amines) is 1. The largest absolute Gasteiger partial charge is 0.494 e. The summed E-state index contributed by atoms with van der Waals surface area (Å²) in [5.41, 5.74) is 4.14. The molecule has 0 aliphatic carbocycles. The molecule has 4 rings (SSSR count). The lowest BCUT2D eigenvalue weighted by atomic mass is 10.0. The van der Waals surface area contributed by atoms with Crippen molar-refractivity contribution in [2.75, 3.05) is 44.4 Å². The number of aromatic nitrogens is 2. The summed E-state index contributed by atoms with van der Waals surface area (Å²) in [5.74, 6) is 1.88. The molecule has 0 spiro atoms. The first-order valence-corrected chi connectivity index (χ1v) is 11.3. The highest BCUT2D eigenvalue weighted by Crippen LogP contribution is 2.40. The quantitative estimate of drug-likeness (QED) is 0.535. The third kappa shape index (κ3) is 5.02. The SMILES string of the molecule is CCOCc1nc2c([nH]1)CN(CCCO)c1ccc(OCCCN3CCCC3=O)cc1-2. The normalized spacial score (nSPS) is 15.4. The van der Waals surface area contributed by atoms with E-state index in [1.807, 2.05) is 24.0 Å². The van der Waals surface area contributed by atoms with Crippen molar-refractivity contribution in [1.82, 2.24) is 14.9 Å². The smallest absolute Gasteiger partial charge is 0.222 e. The summed E-state index contributed by atoms with van der Waals surface area (Å²) in [4.78, 5) is 24.1. The molecular formula is C23H32N4O4. The van der Waals surface area contributed by atoms with Crippen molar-refractivity contribution in [3.05, 3.63) is 29.7 Å². The lowest BCUT2D eigenvalue weighted by molar-refractivity contribution is -0.127. The molecule has 2 aliphatic heterocycles. The highest BCUT2D eigenvalue weighted by atomic mass is 16.5. The van der Waals surface area contributed by atoms with Crippen LogP contribution in [0.25, 0.3) is 11.3 Å². The molecule has 31 heavy (non-hydrogen) atoms. The molecule has 1 amide bonds. The van der Waals surface area contributed by atoms with Crippen LogP contribution in [0.3, 0.4) is 0 Å². The molecule has 2 aliphatic rings. The second-order valence-electron chi connectivity index (χ2n) is 8.01. The summed E-state index contributed by atoms with van der Waals surface area (Å²) in [6.45, 7) is 6.93. The Bertz CT molecular complexity index is 898. The number of nitrogens with one attached hydrogen (secondary N) is 1. The number of fused-ring (bicyclic) bond motifs is 3. The Morgan fingerprint density at radius 3 is 2.87 bits per heavy atom. The van der Waals surface area contributed by atoms with Crippen molar-refractivity contribution in [2.45, 2.75) is 45.8 Å². The molecule has 0 saturated carbocycles. The van der Waals surface area contributed by atoms with Gasteiger partial charge in [0.25, 0.3) is 0 Å². The molecule has 2 N–H and O–H groups in total. The third-order valence-corrected chi connectivity index (χ3v) is 5.78. The predicted molar refractivity (Wildman–Crippen MR) is 118 cm³/mol. The number of nitrogens with zero attached hydrogens (tertiary/aromatic N) is 3. The summed E-state index contributed by atoms with van der Waals surface area (Å²) in [7, 11) is 0. The van der Waals surface area contributed by atoms with Crippen LogP contribution in [0, 0.1) is 0 Å². The van der Waals surface area contributed by atoms with Gasteiger partial charge in [-0.2, -0.15) is 0 Å². The average Bonchev–Trinajstić information content (AvgIpc) is 3.39. The fraction of sp³-hybridized carbons (Fsp3) is 0.565. The van der Waals surface area contributed by atoms with E-state index < -0.39 is 0 Å². The molecule has 1 saturated heterocycles. The van der Waals surface area contributed by atoms with Crippen LogP contribution >= 0.6 is 0 Å². The minimum Gasteiger partial charge on any atom is -0.494 e. The van der Waals surface area contributed by atoms with Gasteiger partial charge in [0, 0.05) is 50.5 Å². The molecule has 1 aromatic heterocycles. The number of imidazole rings is 1. The number of rotatable bonds is 11. The number of H-pyrrole nitrogens is 1. The van der Waals surface area contributed by atoms with Crippen LogP contribution in [-0.4, -0.2) is 65.3 Å². The summed E-state index contributed by atoms with van der Waals surface area (Å²) in [6, 6.07) is 6.11. The second-order valence-corrected chi connectivity index (χ2v) is 8.01. The predicted octanol–water partition coefficient (Wildman–Crippen LogP) is 2.71. The second kappa shape index (κ2) is 10.2. The van der Waals surface area contributed by atoms with E-state index in [1.165, 1.54) is 0 Å². The molecule has 8 nitrogen and oxygen atoms in total. The number of benzene rings is 1. The van der Waals surface area contributed by atoms with E-state index in [0.29, 0.717) is 32.7 Å². The maximum Gasteiger partial charge on any atom is 0.222 e. The van der Waals surface area contributed by atoms with Crippen LogP contribution in [-0.2, 0) is 22.7 Å². The van der Waals surface area contributed by atoms with Gasteiger partial charge in [-0.05, 0) is 44.4 Å². The average molecular weight is 429 g/mol. The monoisotopic (exact) mass is 428 g/mol. The Hall–Kier alpha value is -2.58. The fourth-order valence-corrected chi connectivity index (χ4v) is 4.26. The number of carbonyl (C=O) groups excluding carboxylic acids is 1. The number of hydrogen-bond acceptors (Lipinski definition) is 6. The van der Waals surface area contributed by atoms with E-state index in [1.54, 1.807) is 0 Å². The van der Waals surface area contributed by atoms with Crippen LogP contribution < -0.4 is 9.64 Å². The van der Waals surface area contributed by atoms with Gasteiger partial charge in [0.05, 0.1) is 24.5 Å². The lowest BCUT2D eigenvalue weighted by Crippen LogP contribution is -2.28. The van der Waals surface area contributed by atoms with Crippen LogP contribution in [0.4, 0.5) is 5.69 Å². The molecule has 0 atom stereocenters. The zero-order valence-corrected chi connectivity index (χ0v) is 18.2. The van der Waals surface area contributed by atoms with Crippen LogP contribution in [0.15, 0.2) is 18.2 Å². The molecule has 0 unspecified atom stereocenters. The van der Waals surface area contributed by atoms with E-state index in [9.17, 15) is 9.90 Å². The number of amides is 1. The van der Waals surface area contributed by atoms with Crippen molar-refractivity contribution in [2.24, 2.45) is 0 Å². The zero-order chi connectivity index (χ0) is 21.6. The molecule has 3 heterocycles. The Morgan fingerprint density at radius 2 is 2.10 bits per heavy atom. The Labute approximate surface area is 183 Å². The summed E-state index contributed by atoms with van der Waals surface area (Å²) >= 11 is 0. The highest BCUT2D eigenvalue weighted by Gasteiger charge is 2.26. The van der Waals surface area contributed by atoms with Gasteiger partial charge in [-0.25, -0.2) is 4.98 Å². The van der Waals surface area contributed by atoms with E-state index >= 15 is 0 Å². The standard InChI is InChI=1S/C23H32N4O4/c1-2-30-16-21-24-19-15-27(10-4-12-28)20-8-7-17(14-18(20)23(19)25-21)31-13-5-11-26-9-3-6-22(26)29/h7-8,14,28H,2-6,9-13,15-16H2,1H3,(H,24,25). The summed E-state index contributed by atoms with van der Waals surface area (Å²) in [5, 5.41) is 9.29. The minimum atomic E-state index is 0.165. The molecule has 0 radical (unpaired) electrons. The van der Waals surface area contributed by atoms with Gasteiger partial charge in [0.15, 0.2) is 0 Å². The number of anilines is 1. The van der Waals surface area contributed by atoms with Crippen LogP contribution in [0.1, 0.15) is 44.1 Å². The third-order valence-electron chi connectivity index (χ3n) is 5.78. The highest BCUT2D eigenvalue weighted by molar-refractivity contribution is 5.82. The van der Waals surface area contributed by atoms with Gasteiger partial charge < -0.3 is 29.4 Å². The molecule has 1 aromatic carbocycles. The molecular weight excluding hydrogens is 396 g/mol. The lowest BCUT2D eigenvalue weighted by Gasteiger charge is -2.30. The molecule has 2 aromatic rings. The molecule has 168 valence electrons. The molecule has 8 heteroatoms. The van der Waals surface area contributed by atoms with E-state index in [-0.39, 0.29) is 12.5 Å². The Kier molecular flexibility index (Phi) is 7.09. The first kappa shape index (κ1) is 21.6. The number of carbonyl (C=O) groups is 1. The summed E-state index contributed by atoms with van der Waals surface area (Å²) < 4.78 is 11.5. The van der Waals surface area contributed by atoms with Gasteiger partial charge in [-0.1, -0.05) is 0 Å². The van der Waals surface area contributed by atoms with E-state index in [0.717, 1.165) is 73.2 Å². The van der Waals surface area contributed by atoms with Crippen molar-refractivity contribution in [1.29, 1.82) is 0 Å². The van der Waals surface area contributed by atoms with Crippen molar-refractivity contribution in [3.63, 3.8) is 0 Å². The Balaban J connectivity index is 1.47. The van der Waals surface area contributed by atoms with Crippen LogP contribution in [0.5, 0.6) is 5.75 Å². The van der Waals surface area contributed by atoms with Crippen molar-refractivity contribution in [3.8, 4) is 17.0 Å². The number of aromatic amines is 1. The molecule has 0 bridgehead atoms. The number of hydrogen-bond donors (Lipinski definition) is 2. The van der Waals surface area contributed by atoms with Gasteiger partial charge >= 0.3 is 0 Å². The summed E-state index contributed by atoms with van der Waals surface area (Å²) in [6.07, 6.45) is 3.17. The van der Waals surface area contributed by atoms with Crippen LogP contribution in [0.2, 0.25) is 0 Å². The fourth-order valence-electron chi connectivity index (χ4n) is 4.26. The first-order chi connectivity index (χ1) is 15.2. The number of aliphatic hydroxyl groups excluding tert-OH is 1. The number of ether oxygens (including phenoxy) is 2. The van der Waals surface area contributed by atoms with Gasteiger partial charge in [-0.3, -0.25) is 4.79 Å². The first-order valence-electron chi connectivity index (χ1n) is 11.3. The van der Waals surface area contributed by atoms with Gasteiger partial charge in [0.2, 0.25) is 5.91 Å². The van der Waals surface area contributed by atoms with E-state index in [2.05, 4.69) is 16.0 Å². The van der Waals surface area contributed by atoms with Crippen molar-refractivity contribution >= 4 is 11.6 Å². The minimum absolute atomic E-state index is 0.165.